The minimum atomic E-state index is 0.795. The molecule has 2 rings (SSSR count). The molecule has 0 fully saturated rings. The second kappa shape index (κ2) is 10.5. The van der Waals surface area contributed by atoms with Crippen LogP contribution >= 0.6 is 0 Å². The molecule has 146 valence electrons. The molecule has 6 N–H and O–H groups in total. The fraction of sp³-hybridized carbons (Fsp3) is 0.364. The monoisotopic (exact) mass is 368 g/mol. The Balaban J connectivity index is 1.70. The maximum atomic E-state index is 5.72. The predicted octanol–water partition coefficient (Wildman–Crippen LogP) is 3.79. The number of likely N-dealkylation sites (N-methyl/N-ethyl adjacent to an activating group) is 1. The van der Waals surface area contributed by atoms with E-state index in [0.717, 1.165) is 72.8 Å². The first-order valence-corrected chi connectivity index (χ1v) is 9.64. The smallest absolute Gasteiger partial charge is 0.0969 e. The van der Waals surface area contributed by atoms with Gasteiger partial charge < -0.3 is 26.6 Å². The molecule has 0 aliphatic carbocycles. The maximum Gasteiger partial charge on any atom is 0.0969 e. The van der Waals surface area contributed by atoms with Gasteiger partial charge in [0.2, 0.25) is 0 Å². The molecule has 0 atom stereocenters. The maximum absolute atomic E-state index is 5.72. The molecule has 2 aromatic rings. The van der Waals surface area contributed by atoms with Crippen LogP contribution in [0.15, 0.2) is 61.2 Å². The largest absolute Gasteiger partial charge is 0.399 e. The molecular weight excluding hydrogens is 334 g/mol. The molecule has 5 nitrogen and oxygen atoms in total. The predicted molar refractivity (Wildman–Crippen MR) is 119 cm³/mol. The van der Waals surface area contributed by atoms with Crippen LogP contribution in [0.25, 0.3) is 0 Å². The quantitative estimate of drug-likeness (QED) is 0.199. The topological polar surface area (TPSA) is 76.1 Å². The number of rotatable bonds is 12. The van der Waals surface area contributed by atoms with E-state index in [4.69, 9.17) is 11.5 Å². The second-order valence-corrected chi connectivity index (χ2v) is 7.34. The highest BCUT2D eigenvalue weighted by Gasteiger charge is 2.18. The summed E-state index contributed by atoms with van der Waals surface area (Å²) in [7, 11) is 2.31. The molecular formula is C22H34N5+. The average Bonchev–Trinajstić information content (AvgIpc) is 2.66. The zero-order chi connectivity index (χ0) is 19.5. The van der Waals surface area contributed by atoms with E-state index in [9.17, 15) is 0 Å². The third-order valence-electron chi connectivity index (χ3n) is 4.80. The summed E-state index contributed by atoms with van der Waals surface area (Å²) in [6.07, 6.45) is 4.25. The normalized spacial score (nSPS) is 11.1. The van der Waals surface area contributed by atoms with Gasteiger partial charge in [-0.15, -0.1) is 0 Å². The van der Waals surface area contributed by atoms with Gasteiger partial charge >= 0.3 is 0 Å². The van der Waals surface area contributed by atoms with Crippen LogP contribution in [-0.2, 0) is 0 Å². The first-order chi connectivity index (χ1) is 13.0. The average molecular weight is 369 g/mol. The van der Waals surface area contributed by atoms with Gasteiger partial charge in [-0.3, -0.25) is 0 Å². The lowest BCUT2D eigenvalue weighted by Gasteiger charge is -2.34. The minimum absolute atomic E-state index is 0.795. The Bertz CT molecular complexity index is 625. The summed E-state index contributed by atoms with van der Waals surface area (Å²) < 4.78 is 1.01. The Labute approximate surface area is 163 Å². The lowest BCUT2D eigenvalue weighted by Crippen LogP contribution is -2.46. The first kappa shape index (κ1) is 20.6. The van der Waals surface area contributed by atoms with Crippen molar-refractivity contribution in [2.45, 2.75) is 12.8 Å². The van der Waals surface area contributed by atoms with E-state index < -0.39 is 0 Å². The molecule has 0 unspecified atom stereocenters. The minimum Gasteiger partial charge on any atom is -0.399 e. The zero-order valence-electron chi connectivity index (χ0n) is 16.5. The number of nitrogens with one attached hydrogen (secondary N) is 2. The molecule has 0 aromatic heterocycles. The zero-order valence-corrected chi connectivity index (χ0v) is 16.5. The fourth-order valence-electron chi connectivity index (χ4n) is 3.19. The molecule has 0 aliphatic heterocycles. The summed E-state index contributed by atoms with van der Waals surface area (Å²) in [5, 5.41) is 6.93. The van der Waals surface area contributed by atoms with Gasteiger partial charge in [-0.2, -0.15) is 0 Å². The van der Waals surface area contributed by atoms with E-state index in [1.807, 2.05) is 54.6 Å². The highest BCUT2D eigenvalue weighted by atomic mass is 15.3. The van der Waals surface area contributed by atoms with Crippen LogP contribution in [0.3, 0.4) is 0 Å². The fourth-order valence-corrected chi connectivity index (χ4v) is 3.19. The number of hydrogen-bond acceptors (Lipinski definition) is 4. The van der Waals surface area contributed by atoms with Crippen LogP contribution < -0.4 is 22.1 Å². The Morgan fingerprint density at radius 1 is 0.815 bits per heavy atom. The van der Waals surface area contributed by atoms with Crippen molar-refractivity contribution in [3.8, 4) is 0 Å². The number of hydrogen-bond donors (Lipinski definition) is 4. The molecule has 0 heterocycles. The van der Waals surface area contributed by atoms with Gasteiger partial charge in [0.1, 0.15) is 0 Å². The van der Waals surface area contributed by atoms with Crippen LogP contribution in [0, 0.1) is 0 Å². The molecule has 0 spiro atoms. The Hall–Kier alpha value is -2.66. The lowest BCUT2D eigenvalue weighted by atomic mass is 10.2. The van der Waals surface area contributed by atoms with Crippen molar-refractivity contribution in [2.75, 3.05) is 61.9 Å². The number of nitrogen functional groups attached to an aromatic ring is 2. The van der Waals surface area contributed by atoms with E-state index in [2.05, 4.69) is 24.3 Å². The number of anilines is 4. The van der Waals surface area contributed by atoms with Gasteiger partial charge in [0.25, 0.3) is 0 Å². The summed E-state index contributed by atoms with van der Waals surface area (Å²) in [4.78, 5) is 0. The van der Waals surface area contributed by atoms with Crippen molar-refractivity contribution in [3.05, 3.63) is 61.2 Å². The van der Waals surface area contributed by atoms with E-state index >= 15 is 0 Å². The summed E-state index contributed by atoms with van der Waals surface area (Å²) in [6, 6.07) is 15.8. The highest BCUT2D eigenvalue weighted by Crippen LogP contribution is 2.13. The van der Waals surface area contributed by atoms with Crippen LogP contribution in [0.2, 0.25) is 0 Å². The molecule has 0 saturated carbocycles. The van der Waals surface area contributed by atoms with Crippen LogP contribution in [-0.4, -0.2) is 44.3 Å². The van der Waals surface area contributed by atoms with Crippen LogP contribution in [0.5, 0.6) is 0 Å². The SMILES string of the molecule is C=CC[N+](C)(CCCNc1ccc(N)cc1)CCCNc1ccc(N)cc1. The Morgan fingerprint density at radius 2 is 1.22 bits per heavy atom. The van der Waals surface area contributed by atoms with Gasteiger partial charge in [-0.1, -0.05) is 6.58 Å². The summed E-state index contributed by atoms with van der Waals surface area (Å²) in [5.74, 6) is 0. The molecule has 2 aromatic carbocycles. The standard InChI is InChI=1S/C22H34N5/c1-3-16-27(2,17-4-14-25-21-10-6-19(23)7-11-21)18-5-15-26-22-12-8-20(24)9-13-22/h3,6-13,25-26H,1,4-5,14-18,23-24H2,2H3/q+1. The Kier molecular flexibility index (Phi) is 8.01. The van der Waals surface area contributed by atoms with E-state index in [0.29, 0.717) is 0 Å². The van der Waals surface area contributed by atoms with E-state index in [-0.39, 0.29) is 0 Å². The Morgan fingerprint density at radius 3 is 1.59 bits per heavy atom. The van der Waals surface area contributed by atoms with Gasteiger partial charge in [0, 0.05) is 48.7 Å². The third kappa shape index (κ3) is 7.62. The van der Waals surface area contributed by atoms with Crippen molar-refractivity contribution in [2.24, 2.45) is 0 Å². The number of nitrogens with two attached hydrogens (primary N) is 2. The molecule has 0 saturated heterocycles. The second-order valence-electron chi connectivity index (χ2n) is 7.34. The van der Waals surface area contributed by atoms with Crippen molar-refractivity contribution in [1.82, 2.24) is 0 Å². The molecule has 0 aliphatic rings. The van der Waals surface area contributed by atoms with Crippen molar-refractivity contribution in [1.29, 1.82) is 0 Å². The molecule has 0 amide bonds. The first-order valence-electron chi connectivity index (χ1n) is 9.64. The molecule has 5 heteroatoms. The highest BCUT2D eigenvalue weighted by molar-refractivity contribution is 5.51. The summed E-state index contributed by atoms with van der Waals surface area (Å²) in [5.41, 5.74) is 15.3. The van der Waals surface area contributed by atoms with Crippen LogP contribution in [0.1, 0.15) is 12.8 Å². The van der Waals surface area contributed by atoms with E-state index in [1.165, 1.54) is 0 Å². The number of nitrogens with zero attached hydrogens (tertiary/aromatic N) is 1. The van der Waals surface area contributed by atoms with E-state index in [1.54, 1.807) is 0 Å². The molecule has 0 radical (unpaired) electrons. The lowest BCUT2D eigenvalue weighted by molar-refractivity contribution is -0.904. The van der Waals surface area contributed by atoms with Gasteiger partial charge in [-0.25, -0.2) is 0 Å². The summed E-state index contributed by atoms with van der Waals surface area (Å²) >= 11 is 0. The van der Waals surface area contributed by atoms with Gasteiger partial charge in [0.05, 0.1) is 26.7 Å². The van der Waals surface area contributed by atoms with Gasteiger partial charge in [-0.05, 0) is 54.6 Å². The van der Waals surface area contributed by atoms with Crippen LogP contribution in [0.4, 0.5) is 22.7 Å². The van der Waals surface area contributed by atoms with Crippen molar-refractivity contribution in [3.63, 3.8) is 0 Å². The van der Waals surface area contributed by atoms with Crippen molar-refractivity contribution < 1.29 is 4.48 Å². The third-order valence-corrected chi connectivity index (χ3v) is 4.80. The van der Waals surface area contributed by atoms with Gasteiger partial charge in [0.15, 0.2) is 0 Å². The summed E-state index contributed by atoms with van der Waals surface area (Å²) in [6.45, 7) is 9.09. The van der Waals surface area contributed by atoms with Crippen molar-refractivity contribution >= 4 is 22.7 Å². The molecule has 0 bridgehead atoms. The number of benzene rings is 2. The molecule has 27 heavy (non-hydrogen) atoms. The number of quaternary nitrogens is 1.